The Labute approximate surface area is 221 Å². The predicted molar refractivity (Wildman–Crippen MR) is 137 cm³/mol. The van der Waals surface area contributed by atoms with Crippen LogP contribution in [-0.4, -0.2) is 35.3 Å². The van der Waals surface area contributed by atoms with Crippen LogP contribution in [0.15, 0.2) is 66.9 Å². The highest BCUT2D eigenvalue weighted by atomic mass is 35.5. The van der Waals surface area contributed by atoms with Gasteiger partial charge in [0.05, 0.1) is 23.6 Å². The average Bonchev–Trinajstić information content (AvgIpc) is 3.55. The van der Waals surface area contributed by atoms with Crippen LogP contribution < -0.4 is 14.4 Å². The van der Waals surface area contributed by atoms with Crippen LogP contribution in [0.4, 0.5) is 5.69 Å². The number of ether oxygens (including phenoxy) is 2. The summed E-state index contributed by atoms with van der Waals surface area (Å²) < 4.78 is 10.9. The number of fused-ring (bicyclic) bond motifs is 6. The Bertz CT molecular complexity index is 1530. The van der Waals surface area contributed by atoms with Crippen molar-refractivity contribution in [2.75, 3.05) is 11.7 Å². The smallest absolute Gasteiger partial charge is 0.240 e. The number of nitrogens with zero attached hydrogens (tertiary/aromatic N) is 2. The maximum absolute atomic E-state index is 14.1. The second-order valence-corrected chi connectivity index (χ2v) is 10.3. The first kappa shape index (κ1) is 22.4. The van der Waals surface area contributed by atoms with E-state index < -0.39 is 29.8 Å². The van der Waals surface area contributed by atoms with E-state index in [4.69, 9.17) is 32.7 Å². The van der Waals surface area contributed by atoms with E-state index in [1.54, 1.807) is 18.2 Å². The molecule has 0 unspecified atom stereocenters. The average molecular weight is 533 g/mol. The van der Waals surface area contributed by atoms with Gasteiger partial charge >= 0.3 is 0 Å². The molecule has 0 radical (unpaired) electrons. The van der Waals surface area contributed by atoms with E-state index >= 15 is 0 Å². The number of anilines is 1. The lowest BCUT2D eigenvalue weighted by atomic mass is 9.83. The van der Waals surface area contributed by atoms with Crippen LogP contribution >= 0.6 is 23.2 Å². The van der Waals surface area contributed by atoms with Crippen molar-refractivity contribution < 1.29 is 23.9 Å². The molecule has 2 amide bonds. The molecule has 9 heteroatoms. The van der Waals surface area contributed by atoms with Gasteiger partial charge in [-0.05, 0) is 53.6 Å². The first-order valence-corrected chi connectivity index (χ1v) is 12.5. The second-order valence-electron chi connectivity index (χ2n) is 9.40. The van der Waals surface area contributed by atoms with Crippen molar-refractivity contribution in [3.05, 3.63) is 93.6 Å². The molecule has 3 aromatic carbocycles. The van der Waals surface area contributed by atoms with Crippen molar-refractivity contribution in [2.45, 2.75) is 12.1 Å². The normalized spacial score (nSPS) is 24.8. The summed E-state index contributed by atoms with van der Waals surface area (Å²) in [6.45, 7) is 0.0823. The van der Waals surface area contributed by atoms with Gasteiger partial charge in [0.15, 0.2) is 17.3 Å². The van der Waals surface area contributed by atoms with Gasteiger partial charge in [-0.2, -0.15) is 0 Å². The van der Waals surface area contributed by atoms with Gasteiger partial charge in [-0.25, -0.2) is 4.90 Å². The van der Waals surface area contributed by atoms with E-state index in [9.17, 15) is 14.4 Å². The van der Waals surface area contributed by atoms with Crippen LogP contribution in [0.5, 0.6) is 11.5 Å². The predicted octanol–water partition coefficient (Wildman–Crippen LogP) is 5.12. The van der Waals surface area contributed by atoms with E-state index in [1.165, 1.54) is 18.2 Å². The van der Waals surface area contributed by atoms with Crippen LogP contribution in [0.1, 0.15) is 27.5 Å². The summed E-state index contributed by atoms with van der Waals surface area (Å²) in [4.78, 5) is 45.0. The van der Waals surface area contributed by atoms with Gasteiger partial charge in [-0.15, -0.1) is 0 Å². The molecule has 0 N–H and O–H groups in total. The zero-order valence-corrected chi connectivity index (χ0v) is 20.6. The number of imide groups is 1. The quantitative estimate of drug-likeness (QED) is 0.344. The van der Waals surface area contributed by atoms with Crippen molar-refractivity contribution in [2.24, 2.45) is 11.8 Å². The van der Waals surface area contributed by atoms with Crippen LogP contribution in [0.25, 0.3) is 6.08 Å². The summed E-state index contributed by atoms with van der Waals surface area (Å²) in [5.74, 6) is -1.74. The third-order valence-electron chi connectivity index (χ3n) is 7.49. The van der Waals surface area contributed by atoms with Crippen LogP contribution in [0.2, 0.25) is 10.0 Å². The zero-order valence-electron chi connectivity index (χ0n) is 19.1. The fourth-order valence-electron chi connectivity index (χ4n) is 6.00. The molecule has 2 saturated heterocycles. The highest BCUT2D eigenvalue weighted by Gasteiger charge is 2.64. The van der Waals surface area contributed by atoms with Gasteiger partial charge in [0.1, 0.15) is 6.04 Å². The molecule has 4 atom stereocenters. The van der Waals surface area contributed by atoms with Gasteiger partial charge < -0.3 is 14.4 Å². The minimum absolute atomic E-state index is 0.0823. The second kappa shape index (κ2) is 8.10. The molecule has 37 heavy (non-hydrogen) atoms. The molecule has 4 heterocycles. The summed E-state index contributed by atoms with van der Waals surface area (Å²) in [5.41, 5.74) is 2.52. The van der Waals surface area contributed by atoms with E-state index in [2.05, 4.69) is 0 Å². The summed E-state index contributed by atoms with van der Waals surface area (Å²) in [6, 6.07) is 15.9. The number of benzene rings is 3. The number of halogens is 2. The monoisotopic (exact) mass is 532 g/mol. The van der Waals surface area contributed by atoms with Gasteiger partial charge in [0, 0.05) is 21.8 Å². The Morgan fingerprint density at radius 2 is 1.59 bits per heavy atom. The number of Topliss-reactive ketones (excluding diaryl/α,β-unsaturated/α-hetero) is 1. The van der Waals surface area contributed by atoms with Crippen molar-refractivity contribution in [1.82, 2.24) is 4.90 Å². The van der Waals surface area contributed by atoms with Gasteiger partial charge in [0.25, 0.3) is 0 Å². The van der Waals surface area contributed by atoms with Gasteiger partial charge in [-0.1, -0.05) is 47.5 Å². The first-order chi connectivity index (χ1) is 17.9. The Kier molecular flexibility index (Phi) is 4.90. The summed E-state index contributed by atoms with van der Waals surface area (Å²) in [5, 5.41) is 0.612. The lowest BCUT2D eigenvalue weighted by molar-refractivity contribution is -0.123. The SMILES string of the molecule is O=C(c1ccc2c(c1)OCO2)[C@@H]1[C@@H]2C(=O)N(c3cc(Cl)cc(Cl)c3)C(=O)[C@@H]2[C@H]2c3ccccc3C=CN12. The number of hydrogen-bond donors (Lipinski definition) is 0. The van der Waals surface area contributed by atoms with E-state index in [1.807, 2.05) is 41.4 Å². The zero-order chi connectivity index (χ0) is 25.4. The highest BCUT2D eigenvalue weighted by molar-refractivity contribution is 6.36. The molecule has 3 aromatic rings. The molecule has 0 bridgehead atoms. The number of rotatable bonds is 3. The highest BCUT2D eigenvalue weighted by Crippen LogP contribution is 2.54. The molecule has 7 rings (SSSR count). The largest absolute Gasteiger partial charge is 0.454 e. The van der Waals surface area contributed by atoms with E-state index in [-0.39, 0.29) is 18.5 Å². The Morgan fingerprint density at radius 1 is 0.865 bits per heavy atom. The fraction of sp³-hybridized carbons (Fsp3) is 0.179. The van der Waals surface area contributed by atoms with Gasteiger partial charge in [-0.3, -0.25) is 14.4 Å². The lowest BCUT2D eigenvalue weighted by Crippen LogP contribution is -2.44. The Hall–Kier alpha value is -3.81. The Morgan fingerprint density at radius 3 is 2.41 bits per heavy atom. The standard InChI is InChI=1S/C28H18Cl2N2O5/c29-16-10-17(30)12-18(11-16)32-27(34)22-23(28(32)35)25(26(33)15-5-6-20-21(9-15)37-13-36-20)31-8-7-14-3-1-2-4-19(14)24(22)31/h1-12,22-25H,13H2/t22-,23+,24+,25-/m0/s1. The Balaban J connectivity index is 1.37. The number of carbonyl (C=O) groups excluding carboxylic acids is 3. The molecule has 0 saturated carbocycles. The summed E-state index contributed by atoms with van der Waals surface area (Å²) >= 11 is 12.4. The molecule has 0 aliphatic carbocycles. The van der Waals surface area contributed by atoms with Crippen molar-refractivity contribution >= 4 is 52.6 Å². The molecule has 4 aliphatic heterocycles. The van der Waals surface area contributed by atoms with Crippen LogP contribution in [-0.2, 0) is 9.59 Å². The third-order valence-corrected chi connectivity index (χ3v) is 7.93. The first-order valence-electron chi connectivity index (χ1n) is 11.7. The number of hydrogen-bond acceptors (Lipinski definition) is 6. The number of amides is 2. The maximum Gasteiger partial charge on any atom is 0.240 e. The lowest BCUT2D eigenvalue weighted by Gasteiger charge is -2.35. The number of carbonyl (C=O) groups is 3. The molecule has 184 valence electrons. The van der Waals surface area contributed by atoms with Crippen LogP contribution in [0.3, 0.4) is 0 Å². The van der Waals surface area contributed by atoms with E-state index in [0.29, 0.717) is 32.8 Å². The summed E-state index contributed by atoms with van der Waals surface area (Å²) in [6.07, 6.45) is 3.73. The van der Waals surface area contributed by atoms with Crippen molar-refractivity contribution in [3.8, 4) is 11.5 Å². The molecule has 2 fully saturated rings. The molecule has 0 aromatic heterocycles. The van der Waals surface area contributed by atoms with Crippen molar-refractivity contribution in [3.63, 3.8) is 0 Å². The minimum atomic E-state index is -0.899. The molecular formula is C28H18Cl2N2O5. The molecule has 7 nitrogen and oxygen atoms in total. The topological polar surface area (TPSA) is 76.1 Å². The molecular weight excluding hydrogens is 515 g/mol. The summed E-state index contributed by atoms with van der Waals surface area (Å²) in [7, 11) is 0. The van der Waals surface area contributed by atoms with Gasteiger partial charge in [0.2, 0.25) is 18.6 Å². The molecule has 0 spiro atoms. The maximum atomic E-state index is 14.1. The fourth-order valence-corrected chi connectivity index (χ4v) is 6.52. The molecule has 4 aliphatic rings. The van der Waals surface area contributed by atoms with Crippen LogP contribution in [0, 0.1) is 11.8 Å². The van der Waals surface area contributed by atoms with E-state index in [0.717, 1.165) is 16.0 Å². The van der Waals surface area contributed by atoms with Crippen molar-refractivity contribution in [1.29, 1.82) is 0 Å². The number of ketones is 1. The third kappa shape index (κ3) is 3.24. The minimum Gasteiger partial charge on any atom is -0.454 e.